The molecule has 0 amide bonds. The fourth-order valence-corrected chi connectivity index (χ4v) is 2.36. The first-order valence-electron chi connectivity index (χ1n) is 7.09. The van der Waals surface area contributed by atoms with Gasteiger partial charge in [0.15, 0.2) is 5.82 Å². The van der Waals surface area contributed by atoms with Crippen molar-refractivity contribution in [3.05, 3.63) is 41.2 Å². The maximum Gasteiger partial charge on any atom is 0.181 e. The molecule has 1 aromatic heterocycles. The zero-order valence-corrected chi connectivity index (χ0v) is 11.9. The topological polar surface area (TPSA) is 67.6 Å². The van der Waals surface area contributed by atoms with Gasteiger partial charge in [0.05, 0.1) is 0 Å². The van der Waals surface area contributed by atoms with Crippen LogP contribution in [0.1, 0.15) is 44.0 Å². The highest BCUT2D eigenvalue weighted by Gasteiger charge is 2.18. The lowest BCUT2D eigenvalue weighted by Gasteiger charge is -2.25. The minimum atomic E-state index is 0.364. The lowest BCUT2D eigenvalue weighted by atomic mass is 9.86. The van der Waals surface area contributed by atoms with Gasteiger partial charge in [-0.1, -0.05) is 49.8 Å². The molecular formula is C16H20N4. The van der Waals surface area contributed by atoms with Gasteiger partial charge in [-0.15, -0.1) is 0 Å². The molecule has 3 N–H and O–H groups in total. The molecule has 104 valence electrons. The molecule has 1 aliphatic rings. The zero-order chi connectivity index (χ0) is 14.1. The summed E-state index contributed by atoms with van der Waals surface area (Å²) in [5.41, 5.74) is 9.48. The molecule has 0 radical (unpaired) electrons. The van der Waals surface area contributed by atoms with Crippen LogP contribution < -0.4 is 5.73 Å². The summed E-state index contributed by atoms with van der Waals surface area (Å²) in [5.74, 6) is 2.05. The van der Waals surface area contributed by atoms with Crippen molar-refractivity contribution in [3.63, 3.8) is 0 Å². The molecule has 4 heteroatoms. The van der Waals surface area contributed by atoms with Gasteiger partial charge in [-0.2, -0.15) is 5.10 Å². The Bertz CT molecular complexity index is 614. The SMILES string of the molecule is CC(C)c1nc(-c2ccc(C=C3CC(N)C3)cc2)n[nH]1. The van der Waals surface area contributed by atoms with Gasteiger partial charge in [0.1, 0.15) is 5.82 Å². The van der Waals surface area contributed by atoms with Gasteiger partial charge >= 0.3 is 0 Å². The first-order valence-corrected chi connectivity index (χ1v) is 7.09. The molecule has 2 aromatic rings. The number of hydrogen-bond donors (Lipinski definition) is 2. The number of benzene rings is 1. The van der Waals surface area contributed by atoms with Gasteiger partial charge in [0.2, 0.25) is 0 Å². The Hall–Kier alpha value is -1.94. The molecule has 0 atom stereocenters. The summed E-state index contributed by atoms with van der Waals surface area (Å²) >= 11 is 0. The maximum atomic E-state index is 5.79. The quantitative estimate of drug-likeness (QED) is 0.898. The molecule has 4 nitrogen and oxygen atoms in total. The first kappa shape index (κ1) is 13.1. The van der Waals surface area contributed by atoms with Crippen molar-refractivity contribution in [1.82, 2.24) is 15.2 Å². The van der Waals surface area contributed by atoms with E-state index < -0.39 is 0 Å². The Labute approximate surface area is 119 Å². The third-order valence-corrected chi connectivity index (χ3v) is 3.64. The van der Waals surface area contributed by atoms with Crippen LogP contribution >= 0.6 is 0 Å². The molecule has 1 saturated carbocycles. The summed E-state index contributed by atoms with van der Waals surface area (Å²) in [6.07, 6.45) is 4.28. The van der Waals surface area contributed by atoms with Crippen LogP contribution in [0.5, 0.6) is 0 Å². The van der Waals surface area contributed by atoms with Gasteiger partial charge in [-0.05, 0) is 18.4 Å². The van der Waals surface area contributed by atoms with E-state index >= 15 is 0 Å². The van der Waals surface area contributed by atoms with Gasteiger partial charge in [0.25, 0.3) is 0 Å². The second-order valence-corrected chi connectivity index (χ2v) is 5.79. The van der Waals surface area contributed by atoms with E-state index in [1.54, 1.807) is 0 Å². The Morgan fingerprint density at radius 3 is 2.50 bits per heavy atom. The van der Waals surface area contributed by atoms with E-state index in [2.05, 4.69) is 59.4 Å². The number of H-pyrrole nitrogens is 1. The third kappa shape index (κ3) is 2.65. The Morgan fingerprint density at radius 1 is 1.25 bits per heavy atom. The number of aromatic amines is 1. The monoisotopic (exact) mass is 268 g/mol. The number of rotatable bonds is 3. The van der Waals surface area contributed by atoms with Gasteiger partial charge in [-0.25, -0.2) is 4.98 Å². The van der Waals surface area contributed by atoms with Gasteiger partial charge in [-0.3, -0.25) is 5.10 Å². The fourth-order valence-electron chi connectivity index (χ4n) is 2.36. The molecule has 1 fully saturated rings. The maximum absolute atomic E-state index is 5.79. The van der Waals surface area contributed by atoms with Crippen molar-refractivity contribution < 1.29 is 0 Å². The van der Waals surface area contributed by atoms with Crippen molar-refractivity contribution in [2.45, 2.75) is 38.6 Å². The number of nitrogens with zero attached hydrogens (tertiary/aromatic N) is 2. The van der Waals surface area contributed by atoms with Crippen LogP contribution in [0.25, 0.3) is 17.5 Å². The fraction of sp³-hybridized carbons (Fsp3) is 0.375. The molecule has 0 bridgehead atoms. The lowest BCUT2D eigenvalue weighted by molar-refractivity contribution is 0.547. The van der Waals surface area contributed by atoms with Crippen LogP contribution in [0.15, 0.2) is 29.8 Å². The Morgan fingerprint density at radius 2 is 1.95 bits per heavy atom. The van der Waals surface area contributed by atoms with E-state index in [1.807, 2.05) is 0 Å². The highest BCUT2D eigenvalue weighted by Crippen LogP contribution is 2.27. The molecule has 0 spiro atoms. The van der Waals surface area contributed by atoms with E-state index in [4.69, 9.17) is 5.73 Å². The summed E-state index contributed by atoms with van der Waals surface area (Å²) in [7, 11) is 0. The summed E-state index contributed by atoms with van der Waals surface area (Å²) in [4.78, 5) is 4.51. The number of nitrogens with two attached hydrogens (primary N) is 1. The summed E-state index contributed by atoms with van der Waals surface area (Å²) in [5, 5.41) is 7.25. The molecule has 1 heterocycles. The zero-order valence-electron chi connectivity index (χ0n) is 11.9. The Balaban J connectivity index is 1.77. The van der Waals surface area contributed by atoms with Crippen LogP contribution in [0, 0.1) is 0 Å². The van der Waals surface area contributed by atoms with Crippen molar-refractivity contribution in [2.75, 3.05) is 0 Å². The van der Waals surface area contributed by atoms with Crippen molar-refractivity contribution in [2.24, 2.45) is 5.73 Å². The predicted molar refractivity (Wildman–Crippen MR) is 81.1 cm³/mol. The molecular weight excluding hydrogens is 248 g/mol. The average molecular weight is 268 g/mol. The van der Waals surface area contributed by atoms with Crippen LogP contribution in [-0.4, -0.2) is 21.2 Å². The minimum absolute atomic E-state index is 0.364. The molecule has 0 aliphatic heterocycles. The van der Waals surface area contributed by atoms with Crippen molar-refractivity contribution >= 4 is 6.08 Å². The molecule has 20 heavy (non-hydrogen) atoms. The number of nitrogens with one attached hydrogen (secondary N) is 1. The number of aromatic nitrogens is 3. The highest BCUT2D eigenvalue weighted by atomic mass is 15.2. The van der Waals surface area contributed by atoms with Crippen LogP contribution in [-0.2, 0) is 0 Å². The predicted octanol–water partition coefficient (Wildman–Crippen LogP) is 3.10. The van der Waals surface area contributed by atoms with E-state index in [9.17, 15) is 0 Å². The van der Waals surface area contributed by atoms with Crippen LogP contribution in [0.2, 0.25) is 0 Å². The number of hydrogen-bond acceptors (Lipinski definition) is 3. The van der Waals surface area contributed by atoms with E-state index in [-0.39, 0.29) is 0 Å². The average Bonchev–Trinajstić information content (AvgIpc) is 2.87. The smallest absolute Gasteiger partial charge is 0.181 e. The second kappa shape index (κ2) is 5.21. The summed E-state index contributed by atoms with van der Waals surface area (Å²) < 4.78 is 0. The van der Waals surface area contributed by atoms with Gasteiger partial charge < -0.3 is 5.73 Å². The Kier molecular flexibility index (Phi) is 3.40. The molecule has 1 aliphatic carbocycles. The molecule has 0 unspecified atom stereocenters. The van der Waals surface area contributed by atoms with Crippen LogP contribution in [0.3, 0.4) is 0 Å². The minimum Gasteiger partial charge on any atom is -0.327 e. The van der Waals surface area contributed by atoms with Crippen LogP contribution in [0.4, 0.5) is 0 Å². The second-order valence-electron chi connectivity index (χ2n) is 5.79. The third-order valence-electron chi connectivity index (χ3n) is 3.64. The van der Waals surface area contributed by atoms with Crippen molar-refractivity contribution in [1.29, 1.82) is 0 Å². The van der Waals surface area contributed by atoms with E-state index in [1.165, 1.54) is 11.1 Å². The van der Waals surface area contributed by atoms with E-state index in [0.29, 0.717) is 12.0 Å². The van der Waals surface area contributed by atoms with Gasteiger partial charge in [0, 0.05) is 17.5 Å². The summed E-state index contributed by atoms with van der Waals surface area (Å²) in [6.45, 7) is 4.20. The van der Waals surface area contributed by atoms with E-state index in [0.717, 1.165) is 30.1 Å². The largest absolute Gasteiger partial charge is 0.327 e. The molecule has 1 aromatic carbocycles. The molecule has 0 saturated heterocycles. The van der Waals surface area contributed by atoms with Crippen molar-refractivity contribution in [3.8, 4) is 11.4 Å². The lowest BCUT2D eigenvalue weighted by Crippen LogP contribution is -2.29. The first-order chi connectivity index (χ1) is 9.61. The highest BCUT2D eigenvalue weighted by molar-refractivity contribution is 5.61. The standard InChI is InChI=1S/C16H20N4/c1-10(2)15-18-16(20-19-15)13-5-3-11(4-6-13)7-12-8-14(17)9-12/h3-7,10,14H,8-9,17H2,1-2H3,(H,18,19,20). The summed E-state index contributed by atoms with van der Waals surface area (Å²) in [6, 6.07) is 8.72. The molecule has 3 rings (SSSR count). The normalized spacial score (nSPS) is 18.2.